The van der Waals surface area contributed by atoms with Crippen LogP contribution in [0.15, 0.2) is 24.3 Å². The molecule has 0 bridgehead atoms. The van der Waals surface area contributed by atoms with Gasteiger partial charge in [0.15, 0.2) is 0 Å². The van der Waals surface area contributed by atoms with Gasteiger partial charge in [0.1, 0.15) is 5.60 Å². The van der Waals surface area contributed by atoms with E-state index in [1.165, 1.54) is 0 Å². The molecule has 1 N–H and O–H groups in total. The van der Waals surface area contributed by atoms with Crippen molar-refractivity contribution in [1.29, 1.82) is 0 Å². The van der Waals surface area contributed by atoms with E-state index in [4.69, 9.17) is 16.3 Å². The highest BCUT2D eigenvalue weighted by Crippen LogP contribution is 2.18. The van der Waals surface area contributed by atoms with Gasteiger partial charge in [0.05, 0.1) is 0 Å². The molecule has 122 valence electrons. The number of halogens is 1. The summed E-state index contributed by atoms with van der Waals surface area (Å²) >= 11 is 6.17. The van der Waals surface area contributed by atoms with E-state index in [1.807, 2.05) is 45.0 Å². The zero-order valence-corrected chi connectivity index (χ0v) is 14.3. The lowest BCUT2D eigenvalue weighted by Gasteiger charge is -2.34. The molecule has 1 aromatic rings. The minimum absolute atomic E-state index is 0.225. The Morgan fingerprint density at radius 3 is 2.82 bits per heavy atom. The highest BCUT2D eigenvalue weighted by atomic mass is 35.5. The third kappa shape index (κ3) is 5.18. The monoisotopic (exact) mass is 324 g/mol. The Morgan fingerprint density at radius 1 is 1.41 bits per heavy atom. The number of carbonyl (C=O) groups is 1. The van der Waals surface area contributed by atoms with Gasteiger partial charge in [-0.1, -0.05) is 29.8 Å². The summed E-state index contributed by atoms with van der Waals surface area (Å²) in [7, 11) is 0. The number of hydrogen-bond donors (Lipinski definition) is 1. The van der Waals surface area contributed by atoms with Crippen LogP contribution in [0.3, 0.4) is 0 Å². The number of nitrogens with one attached hydrogen (secondary N) is 1. The first-order valence-electron chi connectivity index (χ1n) is 7.80. The van der Waals surface area contributed by atoms with Gasteiger partial charge in [-0.15, -0.1) is 0 Å². The Morgan fingerprint density at radius 2 is 2.14 bits per heavy atom. The lowest BCUT2D eigenvalue weighted by molar-refractivity contribution is 0.0187. The van der Waals surface area contributed by atoms with Gasteiger partial charge in [-0.25, -0.2) is 4.79 Å². The van der Waals surface area contributed by atoms with Crippen molar-refractivity contribution in [2.24, 2.45) is 0 Å². The molecule has 0 aromatic heterocycles. The normalized spacial score (nSPS) is 19.1. The van der Waals surface area contributed by atoms with E-state index in [1.54, 1.807) is 4.90 Å². The second-order valence-corrected chi connectivity index (χ2v) is 7.15. The number of carbonyl (C=O) groups excluding carboxylic acids is 1. The first kappa shape index (κ1) is 17.1. The highest BCUT2D eigenvalue weighted by Gasteiger charge is 2.27. The predicted molar refractivity (Wildman–Crippen MR) is 89.1 cm³/mol. The van der Waals surface area contributed by atoms with Crippen molar-refractivity contribution < 1.29 is 9.53 Å². The molecular weight excluding hydrogens is 300 g/mol. The summed E-state index contributed by atoms with van der Waals surface area (Å²) < 4.78 is 5.45. The molecule has 1 aliphatic heterocycles. The Bertz CT molecular complexity index is 514. The Labute approximate surface area is 137 Å². The fourth-order valence-corrected chi connectivity index (χ4v) is 2.73. The molecule has 1 unspecified atom stereocenters. The van der Waals surface area contributed by atoms with Crippen LogP contribution in [-0.4, -0.2) is 35.7 Å². The van der Waals surface area contributed by atoms with Gasteiger partial charge in [-0.3, -0.25) is 0 Å². The van der Waals surface area contributed by atoms with Crippen molar-refractivity contribution in [2.45, 2.75) is 51.8 Å². The summed E-state index contributed by atoms with van der Waals surface area (Å²) in [5.41, 5.74) is 0.633. The molecule has 4 nitrogen and oxygen atoms in total. The van der Waals surface area contributed by atoms with E-state index >= 15 is 0 Å². The van der Waals surface area contributed by atoms with E-state index in [0.717, 1.165) is 30.0 Å². The van der Waals surface area contributed by atoms with E-state index < -0.39 is 5.60 Å². The first-order chi connectivity index (χ1) is 10.3. The zero-order valence-electron chi connectivity index (χ0n) is 13.6. The van der Waals surface area contributed by atoms with E-state index in [9.17, 15) is 4.79 Å². The van der Waals surface area contributed by atoms with Crippen LogP contribution in [0.5, 0.6) is 0 Å². The summed E-state index contributed by atoms with van der Waals surface area (Å²) in [6.07, 6.45) is 1.82. The maximum atomic E-state index is 12.1. The smallest absolute Gasteiger partial charge is 0.410 e. The lowest BCUT2D eigenvalue weighted by Crippen LogP contribution is -2.49. The van der Waals surface area contributed by atoms with Gasteiger partial charge in [0.2, 0.25) is 0 Å². The van der Waals surface area contributed by atoms with Crippen LogP contribution in [0.4, 0.5) is 4.79 Å². The average molecular weight is 325 g/mol. The van der Waals surface area contributed by atoms with Gasteiger partial charge in [-0.2, -0.15) is 0 Å². The van der Waals surface area contributed by atoms with Crippen molar-refractivity contribution in [3.05, 3.63) is 34.9 Å². The molecule has 1 atom stereocenters. The zero-order chi connectivity index (χ0) is 16.2. The topological polar surface area (TPSA) is 41.6 Å². The van der Waals surface area contributed by atoms with Crippen LogP contribution in [0, 0.1) is 0 Å². The van der Waals surface area contributed by atoms with Gasteiger partial charge in [0.25, 0.3) is 0 Å². The van der Waals surface area contributed by atoms with E-state index in [0.29, 0.717) is 13.1 Å². The largest absolute Gasteiger partial charge is 0.444 e. The quantitative estimate of drug-likeness (QED) is 0.918. The van der Waals surface area contributed by atoms with Crippen LogP contribution in [0.2, 0.25) is 5.02 Å². The molecule has 22 heavy (non-hydrogen) atoms. The van der Waals surface area contributed by atoms with Gasteiger partial charge in [0, 0.05) is 30.7 Å². The SMILES string of the molecule is CC(C)(C)OC(=O)N1CCCC(NCc2ccccc2Cl)C1. The summed E-state index contributed by atoms with van der Waals surface area (Å²) in [6.45, 7) is 7.83. The number of amides is 1. The molecule has 1 amide bonds. The second-order valence-electron chi connectivity index (χ2n) is 6.74. The minimum Gasteiger partial charge on any atom is -0.444 e. The molecule has 1 aliphatic rings. The molecule has 0 saturated carbocycles. The number of rotatable bonds is 3. The van der Waals surface area contributed by atoms with Crippen LogP contribution in [-0.2, 0) is 11.3 Å². The van der Waals surface area contributed by atoms with Crippen molar-refractivity contribution >= 4 is 17.7 Å². The summed E-state index contributed by atoms with van der Waals surface area (Å²) in [5.74, 6) is 0. The molecular formula is C17H25ClN2O2. The molecule has 1 aromatic carbocycles. The highest BCUT2D eigenvalue weighted by molar-refractivity contribution is 6.31. The maximum absolute atomic E-state index is 12.1. The molecule has 1 fully saturated rings. The maximum Gasteiger partial charge on any atom is 0.410 e. The third-order valence-electron chi connectivity index (χ3n) is 3.61. The molecule has 0 radical (unpaired) electrons. The van der Waals surface area contributed by atoms with E-state index in [2.05, 4.69) is 5.32 Å². The molecule has 5 heteroatoms. The average Bonchev–Trinajstić information content (AvgIpc) is 2.45. The molecule has 2 rings (SSSR count). The lowest BCUT2D eigenvalue weighted by atomic mass is 10.1. The second kappa shape index (κ2) is 7.34. The van der Waals surface area contributed by atoms with Gasteiger partial charge in [-0.05, 0) is 45.2 Å². The molecule has 1 saturated heterocycles. The summed E-state index contributed by atoms with van der Waals surface area (Å²) in [5, 5.41) is 4.27. The van der Waals surface area contributed by atoms with Crippen LogP contribution in [0.1, 0.15) is 39.2 Å². The Kier molecular flexibility index (Phi) is 5.70. The van der Waals surface area contributed by atoms with Crippen LogP contribution >= 0.6 is 11.6 Å². The molecule has 0 aliphatic carbocycles. The third-order valence-corrected chi connectivity index (χ3v) is 3.98. The molecule has 1 heterocycles. The number of likely N-dealkylation sites (tertiary alicyclic amines) is 1. The fourth-order valence-electron chi connectivity index (χ4n) is 2.53. The number of benzene rings is 1. The Hall–Kier alpha value is -1.26. The molecule has 0 spiro atoms. The summed E-state index contributed by atoms with van der Waals surface area (Å²) in [4.78, 5) is 13.9. The Balaban J connectivity index is 1.86. The fraction of sp³-hybridized carbons (Fsp3) is 0.588. The minimum atomic E-state index is -0.449. The number of hydrogen-bond acceptors (Lipinski definition) is 3. The van der Waals surface area contributed by atoms with Crippen LogP contribution in [0.25, 0.3) is 0 Å². The van der Waals surface area contributed by atoms with Gasteiger partial charge >= 0.3 is 6.09 Å². The van der Waals surface area contributed by atoms with Crippen molar-refractivity contribution in [3.63, 3.8) is 0 Å². The van der Waals surface area contributed by atoms with Gasteiger partial charge < -0.3 is 15.0 Å². The van der Waals surface area contributed by atoms with Crippen molar-refractivity contribution in [3.8, 4) is 0 Å². The van der Waals surface area contributed by atoms with E-state index in [-0.39, 0.29) is 12.1 Å². The number of piperidine rings is 1. The number of nitrogens with zero attached hydrogens (tertiary/aromatic N) is 1. The predicted octanol–water partition coefficient (Wildman–Crippen LogP) is 3.83. The van der Waals surface area contributed by atoms with Crippen LogP contribution < -0.4 is 5.32 Å². The van der Waals surface area contributed by atoms with Crippen molar-refractivity contribution in [2.75, 3.05) is 13.1 Å². The van der Waals surface area contributed by atoms with Crippen molar-refractivity contribution in [1.82, 2.24) is 10.2 Å². The number of ether oxygens (including phenoxy) is 1. The first-order valence-corrected chi connectivity index (χ1v) is 8.18. The summed E-state index contributed by atoms with van der Waals surface area (Å²) in [6, 6.07) is 8.10. The standard InChI is InChI=1S/C17H25ClN2O2/c1-17(2,3)22-16(21)20-10-6-8-14(12-20)19-11-13-7-4-5-9-15(13)18/h4-5,7,9,14,19H,6,8,10-12H2,1-3H3.